The molecule has 5 nitrogen and oxygen atoms in total. The van der Waals surface area contributed by atoms with E-state index in [4.69, 9.17) is 23.2 Å². The molecule has 1 N–H and O–H groups in total. The van der Waals surface area contributed by atoms with Gasteiger partial charge in [-0.1, -0.05) is 23.2 Å². The monoisotopic (exact) mass is 335 g/mol. The van der Waals surface area contributed by atoms with Crippen molar-refractivity contribution in [1.29, 1.82) is 0 Å². The van der Waals surface area contributed by atoms with Crippen LogP contribution in [-0.4, -0.2) is 18.4 Å². The molecule has 0 fully saturated rings. The molecular weight excluding hydrogens is 328 g/mol. The number of aromatic nitrogens is 2. The predicted octanol–water partition coefficient (Wildman–Crippen LogP) is 3.03. The Morgan fingerprint density at radius 2 is 1.90 bits per heavy atom. The van der Waals surface area contributed by atoms with Crippen molar-refractivity contribution in [1.82, 2.24) is 9.97 Å². The van der Waals surface area contributed by atoms with Crippen LogP contribution in [0.2, 0.25) is 10.2 Å². The van der Waals surface area contributed by atoms with Crippen LogP contribution in [0.25, 0.3) is 0 Å². The number of aryl methyl sites for hydroxylation is 1. The maximum atomic E-state index is 12.9. The largest absolute Gasteiger partial charge is 0.265 e. The highest BCUT2D eigenvalue weighted by Crippen LogP contribution is 2.24. The van der Waals surface area contributed by atoms with Crippen LogP contribution in [0.4, 0.5) is 10.3 Å². The van der Waals surface area contributed by atoms with Gasteiger partial charge in [0.05, 0.1) is 5.02 Å². The first-order chi connectivity index (χ1) is 9.28. The Labute approximate surface area is 124 Å². The maximum absolute atomic E-state index is 12.9. The van der Waals surface area contributed by atoms with Crippen LogP contribution in [0.5, 0.6) is 0 Å². The van der Waals surface area contributed by atoms with Crippen molar-refractivity contribution in [3.63, 3.8) is 0 Å². The van der Waals surface area contributed by atoms with Crippen LogP contribution in [0.1, 0.15) is 5.69 Å². The van der Waals surface area contributed by atoms with Gasteiger partial charge in [-0.3, -0.25) is 0 Å². The van der Waals surface area contributed by atoms with Gasteiger partial charge < -0.3 is 0 Å². The molecule has 2 rings (SSSR count). The summed E-state index contributed by atoms with van der Waals surface area (Å²) in [7, 11) is -4.03. The summed E-state index contributed by atoms with van der Waals surface area (Å²) in [6.07, 6.45) is 0. The van der Waals surface area contributed by atoms with Crippen LogP contribution >= 0.6 is 23.2 Å². The highest BCUT2D eigenvalue weighted by Gasteiger charge is 2.20. The molecule has 0 aliphatic rings. The van der Waals surface area contributed by atoms with Crippen molar-refractivity contribution >= 4 is 39.2 Å². The zero-order chi connectivity index (χ0) is 14.9. The van der Waals surface area contributed by atoms with Gasteiger partial charge in [-0.15, -0.1) is 0 Å². The fourth-order valence-electron chi connectivity index (χ4n) is 1.44. The second-order valence-corrected chi connectivity index (χ2v) is 6.28. The first-order valence-corrected chi connectivity index (χ1v) is 7.51. The van der Waals surface area contributed by atoms with E-state index >= 15 is 0 Å². The summed E-state index contributed by atoms with van der Waals surface area (Å²) in [5, 5.41) is -0.142. The molecule has 9 heteroatoms. The van der Waals surface area contributed by atoms with Crippen LogP contribution in [0.3, 0.4) is 0 Å². The van der Waals surface area contributed by atoms with Gasteiger partial charge >= 0.3 is 0 Å². The molecule has 1 aromatic heterocycles. The first-order valence-electron chi connectivity index (χ1n) is 5.27. The quantitative estimate of drug-likeness (QED) is 0.875. The Morgan fingerprint density at radius 3 is 2.50 bits per heavy atom. The number of anilines is 1. The smallest absolute Gasteiger partial charge is 0.247 e. The number of hydrogen-bond acceptors (Lipinski definition) is 4. The topological polar surface area (TPSA) is 72.0 Å². The van der Waals surface area contributed by atoms with Gasteiger partial charge in [-0.2, -0.15) is 0 Å². The van der Waals surface area contributed by atoms with Gasteiger partial charge in [0.1, 0.15) is 15.9 Å². The third-order valence-electron chi connectivity index (χ3n) is 2.23. The maximum Gasteiger partial charge on any atom is 0.265 e. The third-order valence-corrected chi connectivity index (χ3v) is 4.24. The highest BCUT2D eigenvalue weighted by molar-refractivity contribution is 7.92. The summed E-state index contributed by atoms with van der Waals surface area (Å²) in [5.41, 5.74) is 0.493. The van der Waals surface area contributed by atoms with Gasteiger partial charge in [0.2, 0.25) is 5.95 Å². The van der Waals surface area contributed by atoms with Crippen LogP contribution in [0.15, 0.2) is 29.2 Å². The van der Waals surface area contributed by atoms with E-state index in [0.29, 0.717) is 5.69 Å². The van der Waals surface area contributed by atoms with E-state index < -0.39 is 15.8 Å². The fraction of sp³-hybridized carbons (Fsp3) is 0.0909. The Kier molecular flexibility index (Phi) is 4.12. The summed E-state index contributed by atoms with van der Waals surface area (Å²) >= 11 is 11.4. The normalized spacial score (nSPS) is 11.4. The SMILES string of the molecule is Cc1cc(Cl)nc(NS(=O)(=O)c2ccc(F)cc2Cl)n1. The van der Waals surface area contributed by atoms with Crippen LogP contribution < -0.4 is 4.72 Å². The zero-order valence-electron chi connectivity index (χ0n) is 10.1. The van der Waals surface area contributed by atoms with Crippen molar-refractivity contribution < 1.29 is 12.8 Å². The third kappa shape index (κ3) is 3.36. The molecule has 0 bridgehead atoms. The molecule has 1 heterocycles. The molecule has 0 unspecified atom stereocenters. The average Bonchev–Trinajstić information content (AvgIpc) is 2.25. The summed E-state index contributed by atoms with van der Waals surface area (Å²) in [6.45, 7) is 1.64. The molecule has 0 saturated heterocycles. The summed E-state index contributed by atoms with van der Waals surface area (Å²) < 4.78 is 39.3. The van der Waals surface area contributed by atoms with Crippen molar-refractivity contribution in [2.24, 2.45) is 0 Å². The van der Waals surface area contributed by atoms with Gasteiger partial charge in [0.25, 0.3) is 10.0 Å². The minimum Gasteiger partial charge on any atom is -0.247 e. The van der Waals surface area contributed by atoms with Crippen LogP contribution in [-0.2, 0) is 10.0 Å². The number of nitrogens with one attached hydrogen (secondary N) is 1. The summed E-state index contributed by atoms with van der Waals surface area (Å²) in [6, 6.07) is 4.42. The summed E-state index contributed by atoms with van der Waals surface area (Å²) in [5.74, 6) is -0.820. The Balaban J connectivity index is 2.40. The number of nitrogens with zero attached hydrogens (tertiary/aromatic N) is 2. The lowest BCUT2D eigenvalue weighted by Crippen LogP contribution is -2.16. The van der Waals surface area contributed by atoms with Crippen LogP contribution in [0, 0.1) is 12.7 Å². The van der Waals surface area contributed by atoms with E-state index in [2.05, 4.69) is 14.7 Å². The number of hydrogen-bond donors (Lipinski definition) is 1. The van der Waals surface area contributed by atoms with E-state index in [1.54, 1.807) is 6.92 Å². The Bertz CT molecular complexity index is 748. The van der Waals surface area contributed by atoms with Crippen molar-refractivity contribution in [2.45, 2.75) is 11.8 Å². The van der Waals surface area contributed by atoms with Gasteiger partial charge in [0.15, 0.2) is 0 Å². The molecule has 1 aromatic carbocycles. The standard InChI is InChI=1S/C11H8Cl2FN3O2S/c1-6-4-10(13)16-11(15-6)17-20(18,19)9-3-2-7(14)5-8(9)12/h2-5H,1H3,(H,15,16,17). The molecule has 0 aliphatic carbocycles. The molecule has 0 radical (unpaired) electrons. The van der Waals surface area contributed by atoms with E-state index in [0.717, 1.165) is 18.2 Å². The molecule has 2 aromatic rings. The predicted molar refractivity (Wildman–Crippen MR) is 74.0 cm³/mol. The minimum atomic E-state index is -4.03. The molecule has 106 valence electrons. The molecular formula is C11H8Cl2FN3O2S. The van der Waals surface area contributed by atoms with E-state index in [-0.39, 0.29) is 21.0 Å². The second kappa shape index (κ2) is 5.51. The van der Waals surface area contributed by atoms with Gasteiger partial charge in [-0.25, -0.2) is 27.5 Å². The summed E-state index contributed by atoms with van der Waals surface area (Å²) in [4.78, 5) is 7.35. The van der Waals surface area contributed by atoms with Gasteiger partial charge in [-0.05, 0) is 31.2 Å². The molecule has 0 saturated carbocycles. The fourth-order valence-corrected chi connectivity index (χ4v) is 3.16. The number of rotatable bonds is 3. The highest BCUT2D eigenvalue weighted by atomic mass is 35.5. The van der Waals surface area contributed by atoms with E-state index in [1.807, 2.05) is 0 Å². The molecule has 0 amide bonds. The van der Waals surface area contributed by atoms with E-state index in [1.165, 1.54) is 6.07 Å². The van der Waals surface area contributed by atoms with E-state index in [9.17, 15) is 12.8 Å². The average molecular weight is 336 g/mol. The number of benzene rings is 1. The van der Waals surface area contributed by atoms with Crippen molar-refractivity contribution in [3.05, 3.63) is 46.0 Å². The second-order valence-electron chi connectivity index (χ2n) is 3.84. The molecule has 0 spiro atoms. The zero-order valence-corrected chi connectivity index (χ0v) is 12.4. The Morgan fingerprint density at radius 1 is 1.20 bits per heavy atom. The molecule has 0 aliphatic heterocycles. The van der Waals surface area contributed by atoms with Crippen molar-refractivity contribution in [2.75, 3.05) is 4.72 Å². The lowest BCUT2D eigenvalue weighted by molar-refractivity contribution is 0.599. The lowest BCUT2D eigenvalue weighted by Gasteiger charge is -2.08. The molecule has 0 atom stereocenters. The molecule has 20 heavy (non-hydrogen) atoms. The van der Waals surface area contributed by atoms with Gasteiger partial charge in [0, 0.05) is 5.69 Å². The Hall–Kier alpha value is -1.44. The number of halogens is 3. The number of sulfonamides is 1. The first kappa shape index (κ1) is 15.0. The van der Waals surface area contributed by atoms with Crippen molar-refractivity contribution in [3.8, 4) is 0 Å². The minimum absolute atomic E-state index is 0.0976. The lowest BCUT2D eigenvalue weighted by atomic mass is 10.3.